The minimum Gasteiger partial charge on any atom is -0.508 e. The summed E-state index contributed by atoms with van der Waals surface area (Å²) in [6.07, 6.45) is 7.63. The van der Waals surface area contributed by atoms with Crippen molar-refractivity contribution in [2.45, 2.75) is 57.3 Å². The van der Waals surface area contributed by atoms with Crippen molar-refractivity contribution in [3.8, 4) is 11.5 Å². The Balaban J connectivity index is 1.79. The van der Waals surface area contributed by atoms with Crippen LogP contribution in [0.1, 0.15) is 68.4 Å². The molecule has 1 aromatic carbocycles. The zero-order chi connectivity index (χ0) is 16.2. The number of hydrogen-bond donors (Lipinski definition) is 2. The second-order valence-corrected chi connectivity index (χ2v) is 8.32. The van der Waals surface area contributed by atoms with Crippen molar-refractivity contribution in [3.63, 3.8) is 0 Å². The van der Waals surface area contributed by atoms with Crippen LogP contribution in [-0.2, 0) is 4.74 Å². The quantitative estimate of drug-likeness (QED) is 0.842. The number of rotatable bonds is 2. The van der Waals surface area contributed by atoms with Crippen LogP contribution in [0.5, 0.6) is 11.5 Å². The van der Waals surface area contributed by atoms with Gasteiger partial charge in [0.15, 0.2) is 0 Å². The van der Waals surface area contributed by atoms with E-state index in [2.05, 4.69) is 6.92 Å². The maximum absolute atomic E-state index is 10.6. The molecule has 0 saturated heterocycles. The van der Waals surface area contributed by atoms with Crippen molar-refractivity contribution in [2.75, 3.05) is 13.7 Å². The Bertz CT molecular complexity index is 611. The highest BCUT2D eigenvalue weighted by atomic mass is 16.5. The summed E-state index contributed by atoms with van der Waals surface area (Å²) in [6, 6.07) is 3.38. The van der Waals surface area contributed by atoms with Crippen molar-refractivity contribution in [1.82, 2.24) is 0 Å². The van der Waals surface area contributed by atoms with Gasteiger partial charge in [-0.1, -0.05) is 13.3 Å². The van der Waals surface area contributed by atoms with E-state index in [9.17, 15) is 10.2 Å². The molecular weight excluding hydrogens is 288 g/mol. The standard InChI is InChI=1S/C20H28O3/c1-20-6-3-4-17(20)16-8-12(11-23-2)15-9-13(21)10-18(22)19(15)14(16)5-7-20/h9-10,12,14,16-17,21-22H,3-8,11H2,1-2H3/t12-,14+,16-,17+,20+/m1/s1. The van der Waals surface area contributed by atoms with Crippen LogP contribution in [0.25, 0.3) is 0 Å². The van der Waals surface area contributed by atoms with E-state index in [0.717, 1.165) is 23.5 Å². The largest absolute Gasteiger partial charge is 0.508 e. The summed E-state index contributed by atoms with van der Waals surface area (Å²) in [5, 5.41) is 20.5. The summed E-state index contributed by atoms with van der Waals surface area (Å²) in [5.74, 6) is 2.63. The van der Waals surface area contributed by atoms with Crippen molar-refractivity contribution < 1.29 is 14.9 Å². The maximum Gasteiger partial charge on any atom is 0.123 e. The Morgan fingerprint density at radius 1 is 1.22 bits per heavy atom. The van der Waals surface area contributed by atoms with Crippen LogP contribution >= 0.6 is 0 Å². The lowest BCUT2D eigenvalue weighted by Gasteiger charge is -2.51. The van der Waals surface area contributed by atoms with E-state index in [-0.39, 0.29) is 17.4 Å². The molecule has 5 atom stereocenters. The minimum atomic E-state index is 0.169. The van der Waals surface area contributed by atoms with Gasteiger partial charge in [-0.15, -0.1) is 0 Å². The summed E-state index contributed by atoms with van der Waals surface area (Å²) >= 11 is 0. The predicted molar refractivity (Wildman–Crippen MR) is 89.9 cm³/mol. The fourth-order valence-electron chi connectivity index (χ4n) is 6.17. The highest BCUT2D eigenvalue weighted by molar-refractivity contribution is 5.51. The molecule has 0 aliphatic heterocycles. The number of fused-ring (bicyclic) bond motifs is 5. The van der Waals surface area contributed by atoms with Gasteiger partial charge in [0.1, 0.15) is 11.5 Å². The van der Waals surface area contributed by atoms with Crippen LogP contribution in [0.3, 0.4) is 0 Å². The van der Waals surface area contributed by atoms with Gasteiger partial charge in [0.2, 0.25) is 0 Å². The highest BCUT2D eigenvalue weighted by Crippen LogP contribution is 2.63. The van der Waals surface area contributed by atoms with Crippen molar-refractivity contribution >= 4 is 0 Å². The molecule has 0 heterocycles. The molecule has 0 aromatic heterocycles. The zero-order valence-corrected chi connectivity index (χ0v) is 14.2. The van der Waals surface area contributed by atoms with Crippen LogP contribution in [-0.4, -0.2) is 23.9 Å². The molecule has 3 aliphatic rings. The Kier molecular flexibility index (Phi) is 3.60. The number of ether oxygens (including phenoxy) is 1. The summed E-state index contributed by atoms with van der Waals surface area (Å²) in [7, 11) is 1.75. The second-order valence-electron chi connectivity index (χ2n) is 8.32. The van der Waals surface area contributed by atoms with E-state index in [1.165, 1.54) is 38.2 Å². The molecule has 0 radical (unpaired) electrons. The van der Waals surface area contributed by atoms with Gasteiger partial charge >= 0.3 is 0 Å². The van der Waals surface area contributed by atoms with Gasteiger partial charge in [-0.05, 0) is 66.9 Å². The lowest BCUT2D eigenvalue weighted by molar-refractivity contribution is 0.0432. The van der Waals surface area contributed by atoms with E-state index >= 15 is 0 Å². The molecule has 3 nitrogen and oxygen atoms in total. The molecule has 0 spiro atoms. The molecule has 2 saturated carbocycles. The molecule has 3 aliphatic carbocycles. The fraction of sp³-hybridized carbons (Fsp3) is 0.700. The first-order chi connectivity index (χ1) is 11.0. The van der Waals surface area contributed by atoms with E-state index in [0.29, 0.717) is 23.9 Å². The number of methoxy groups -OCH3 is 1. The van der Waals surface area contributed by atoms with Gasteiger partial charge in [-0.2, -0.15) is 0 Å². The predicted octanol–water partition coefficient (Wildman–Crippen LogP) is 4.53. The highest BCUT2D eigenvalue weighted by Gasteiger charge is 2.52. The van der Waals surface area contributed by atoms with Crippen LogP contribution in [0.15, 0.2) is 12.1 Å². The van der Waals surface area contributed by atoms with Crippen LogP contribution in [0, 0.1) is 17.3 Å². The van der Waals surface area contributed by atoms with Crippen LogP contribution in [0.2, 0.25) is 0 Å². The number of phenolic OH excluding ortho intramolecular Hbond substituents is 2. The van der Waals surface area contributed by atoms with Gasteiger partial charge in [-0.3, -0.25) is 0 Å². The number of benzene rings is 1. The maximum atomic E-state index is 10.6. The lowest BCUT2D eigenvalue weighted by atomic mass is 9.54. The molecule has 4 rings (SSSR count). The van der Waals surface area contributed by atoms with E-state index in [1.54, 1.807) is 7.11 Å². The average Bonchev–Trinajstić information content (AvgIpc) is 2.89. The third-order valence-corrected chi connectivity index (χ3v) is 7.13. The van der Waals surface area contributed by atoms with Gasteiger partial charge in [0, 0.05) is 24.7 Å². The first-order valence-corrected chi connectivity index (χ1v) is 9.08. The molecule has 2 fully saturated rings. The minimum absolute atomic E-state index is 0.169. The summed E-state index contributed by atoms with van der Waals surface area (Å²) in [4.78, 5) is 0. The van der Waals surface area contributed by atoms with E-state index < -0.39 is 0 Å². The number of phenols is 2. The Labute approximate surface area is 138 Å². The zero-order valence-electron chi connectivity index (χ0n) is 14.2. The molecule has 2 N–H and O–H groups in total. The summed E-state index contributed by atoms with van der Waals surface area (Å²) in [5.41, 5.74) is 2.73. The normalized spacial score (nSPS) is 38.7. The molecular formula is C20H28O3. The number of hydrogen-bond acceptors (Lipinski definition) is 3. The first-order valence-electron chi connectivity index (χ1n) is 9.08. The van der Waals surface area contributed by atoms with E-state index in [1.807, 2.05) is 6.07 Å². The Morgan fingerprint density at radius 3 is 2.83 bits per heavy atom. The second kappa shape index (κ2) is 5.41. The average molecular weight is 316 g/mol. The van der Waals surface area contributed by atoms with Gasteiger partial charge in [-0.25, -0.2) is 0 Å². The molecule has 1 aromatic rings. The third kappa shape index (κ3) is 2.27. The Morgan fingerprint density at radius 2 is 2.04 bits per heavy atom. The van der Waals surface area contributed by atoms with Crippen molar-refractivity contribution in [2.24, 2.45) is 17.3 Å². The SMILES string of the molecule is COC[C@H]1C[C@@H]2[C@H](CC[C@]3(C)CCC[C@@H]23)c2c(O)cc(O)cc21. The molecule has 3 heteroatoms. The van der Waals surface area contributed by atoms with E-state index in [4.69, 9.17) is 4.74 Å². The molecule has 126 valence electrons. The van der Waals surface area contributed by atoms with Gasteiger partial charge < -0.3 is 14.9 Å². The van der Waals surface area contributed by atoms with Crippen LogP contribution in [0.4, 0.5) is 0 Å². The fourth-order valence-corrected chi connectivity index (χ4v) is 6.17. The molecule has 0 bridgehead atoms. The molecule has 23 heavy (non-hydrogen) atoms. The summed E-state index contributed by atoms with van der Waals surface area (Å²) in [6.45, 7) is 3.15. The topological polar surface area (TPSA) is 49.7 Å². The number of aromatic hydroxyl groups is 2. The molecule has 0 amide bonds. The van der Waals surface area contributed by atoms with Crippen molar-refractivity contribution in [1.29, 1.82) is 0 Å². The third-order valence-electron chi connectivity index (χ3n) is 7.13. The Hall–Kier alpha value is -1.22. The van der Waals surface area contributed by atoms with Gasteiger partial charge in [0.25, 0.3) is 0 Å². The van der Waals surface area contributed by atoms with Crippen molar-refractivity contribution in [3.05, 3.63) is 23.3 Å². The monoisotopic (exact) mass is 316 g/mol. The molecule has 0 unspecified atom stereocenters. The van der Waals surface area contributed by atoms with Crippen LogP contribution < -0.4 is 0 Å². The summed E-state index contributed by atoms with van der Waals surface area (Å²) < 4.78 is 5.47. The first kappa shape index (κ1) is 15.3. The smallest absolute Gasteiger partial charge is 0.123 e. The lowest BCUT2D eigenvalue weighted by Crippen LogP contribution is -2.41. The van der Waals surface area contributed by atoms with Gasteiger partial charge in [0.05, 0.1) is 6.61 Å².